The van der Waals surface area contributed by atoms with Crippen LogP contribution in [0.4, 0.5) is 14.5 Å². The van der Waals surface area contributed by atoms with Crippen LogP contribution >= 0.6 is 0 Å². The molecule has 6 nitrogen and oxygen atoms in total. The fraction of sp³-hybridized carbons (Fsp3) is 0.263. The van der Waals surface area contributed by atoms with Crippen LogP contribution in [0.2, 0.25) is 0 Å². The minimum absolute atomic E-state index is 0.00298. The van der Waals surface area contributed by atoms with Gasteiger partial charge in [0.2, 0.25) is 5.91 Å². The van der Waals surface area contributed by atoms with Crippen molar-refractivity contribution in [2.75, 3.05) is 18.4 Å². The minimum Gasteiger partial charge on any atom is -0.380 e. The standard InChI is InChI=1S/C19H19F2N5O/c20-12-1-3-15(16(21)8-12)18(22)19(27)26-6-5-14(10-26)24-13-2-4-17-11(7-13)9-23-25-17/h1-4,7-9,14,18,24H,5-6,10,22H2,(H,23,25). The second-order valence-electron chi connectivity index (χ2n) is 6.73. The number of hydrogen-bond donors (Lipinski definition) is 3. The first kappa shape index (κ1) is 17.4. The molecule has 1 aliphatic heterocycles. The van der Waals surface area contributed by atoms with E-state index in [0.717, 1.165) is 35.1 Å². The summed E-state index contributed by atoms with van der Waals surface area (Å²) in [5.74, 6) is -1.87. The van der Waals surface area contributed by atoms with Gasteiger partial charge in [0.1, 0.15) is 17.7 Å². The third kappa shape index (κ3) is 3.48. The van der Waals surface area contributed by atoms with Crippen LogP contribution in [0.5, 0.6) is 0 Å². The summed E-state index contributed by atoms with van der Waals surface area (Å²) in [6.45, 7) is 1.000. The van der Waals surface area contributed by atoms with Gasteiger partial charge in [-0.25, -0.2) is 8.78 Å². The molecule has 0 spiro atoms. The Kier molecular flexibility index (Phi) is 4.49. The van der Waals surface area contributed by atoms with Crippen LogP contribution in [-0.4, -0.2) is 40.1 Å². The zero-order valence-corrected chi connectivity index (χ0v) is 14.5. The lowest BCUT2D eigenvalue weighted by Gasteiger charge is -2.22. The van der Waals surface area contributed by atoms with Gasteiger partial charge >= 0.3 is 0 Å². The van der Waals surface area contributed by atoms with Gasteiger partial charge in [-0.15, -0.1) is 0 Å². The molecule has 4 rings (SSSR count). The van der Waals surface area contributed by atoms with Crippen molar-refractivity contribution in [2.45, 2.75) is 18.5 Å². The number of likely N-dealkylation sites (tertiary alicyclic amines) is 1. The summed E-state index contributed by atoms with van der Waals surface area (Å²) in [6.07, 6.45) is 2.51. The van der Waals surface area contributed by atoms with E-state index in [-0.39, 0.29) is 17.5 Å². The van der Waals surface area contributed by atoms with Crippen molar-refractivity contribution in [3.8, 4) is 0 Å². The molecule has 1 aromatic heterocycles. The molecule has 2 atom stereocenters. The minimum atomic E-state index is -1.15. The van der Waals surface area contributed by atoms with Crippen LogP contribution in [0.15, 0.2) is 42.6 Å². The van der Waals surface area contributed by atoms with Crippen molar-refractivity contribution in [1.82, 2.24) is 15.1 Å². The van der Waals surface area contributed by atoms with E-state index < -0.39 is 17.7 Å². The van der Waals surface area contributed by atoms with Crippen molar-refractivity contribution in [3.63, 3.8) is 0 Å². The Morgan fingerprint density at radius 2 is 2.15 bits per heavy atom. The number of halogens is 2. The van der Waals surface area contributed by atoms with E-state index in [1.165, 1.54) is 6.07 Å². The molecule has 1 saturated heterocycles. The molecule has 0 saturated carbocycles. The summed E-state index contributed by atoms with van der Waals surface area (Å²) in [5, 5.41) is 11.3. The number of fused-ring (bicyclic) bond motifs is 1. The summed E-state index contributed by atoms with van der Waals surface area (Å²) < 4.78 is 27.0. The van der Waals surface area contributed by atoms with Gasteiger partial charge in [-0.3, -0.25) is 9.89 Å². The maximum Gasteiger partial charge on any atom is 0.244 e. The van der Waals surface area contributed by atoms with Gasteiger partial charge in [-0.05, 0) is 30.7 Å². The largest absolute Gasteiger partial charge is 0.380 e. The number of H-pyrrole nitrogens is 1. The lowest BCUT2D eigenvalue weighted by Crippen LogP contribution is -2.38. The van der Waals surface area contributed by atoms with Crippen LogP contribution in [0.25, 0.3) is 10.9 Å². The monoisotopic (exact) mass is 371 g/mol. The number of benzene rings is 2. The number of carbonyl (C=O) groups is 1. The zero-order valence-electron chi connectivity index (χ0n) is 14.5. The lowest BCUT2D eigenvalue weighted by atomic mass is 10.1. The molecule has 0 bridgehead atoms. The molecule has 8 heteroatoms. The Morgan fingerprint density at radius 1 is 1.30 bits per heavy atom. The lowest BCUT2D eigenvalue weighted by molar-refractivity contribution is -0.131. The summed E-state index contributed by atoms with van der Waals surface area (Å²) in [7, 11) is 0. The van der Waals surface area contributed by atoms with Crippen LogP contribution in [0.3, 0.4) is 0 Å². The summed E-state index contributed by atoms with van der Waals surface area (Å²) in [5.41, 5.74) is 7.83. The van der Waals surface area contributed by atoms with E-state index in [9.17, 15) is 13.6 Å². The fourth-order valence-electron chi connectivity index (χ4n) is 3.43. The van der Waals surface area contributed by atoms with Crippen LogP contribution in [0, 0.1) is 11.6 Å². The van der Waals surface area contributed by atoms with E-state index in [2.05, 4.69) is 15.5 Å². The molecular weight excluding hydrogens is 352 g/mol. The van der Waals surface area contributed by atoms with Crippen LogP contribution in [0.1, 0.15) is 18.0 Å². The molecule has 1 amide bonds. The maximum absolute atomic E-state index is 13.9. The number of nitrogens with two attached hydrogens (primary N) is 1. The number of anilines is 1. The van der Waals surface area contributed by atoms with E-state index in [0.29, 0.717) is 13.1 Å². The normalized spacial score (nSPS) is 18.0. The molecule has 2 heterocycles. The van der Waals surface area contributed by atoms with E-state index in [1.54, 1.807) is 11.1 Å². The molecule has 27 heavy (non-hydrogen) atoms. The SMILES string of the molecule is NC(C(=O)N1CCC(Nc2ccc3[nH]ncc3c2)C1)c1ccc(F)cc1F. The summed E-state index contributed by atoms with van der Waals surface area (Å²) >= 11 is 0. The third-order valence-electron chi connectivity index (χ3n) is 4.87. The molecular formula is C19H19F2N5O. The number of rotatable bonds is 4. The topological polar surface area (TPSA) is 87.0 Å². The molecule has 0 aliphatic carbocycles. The quantitative estimate of drug-likeness (QED) is 0.658. The average molecular weight is 371 g/mol. The van der Waals surface area contributed by atoms with E-state index in [4.69, 9.17) is 5.73 Å². The highest BCUT2D eigenvalue weighted by Crippen LogP contribution is 2.23. The Hall–Kier alpha value is -3.00. The molecule has 4 N–H and O–H groups in total. The van der Waals surface area contributed by atoms with Crippen molar-refractivity contribution >= 4 is 22.5 Å². The number of carbonyl (C=O) groups excluding carboxylic acids is 1. The highest BCUT2D eigenvalue weighted by atomic mass is 19.1. The van der Waals surface area contributed by atoms with Crippen LogP contribution in [-0.2, 0) is 4.79 Å². The zero-order chi connectivity index (χ0) is 19.0. The van der Waals surface area contributed by atoms with Crippen LogP contribution < -0.4 is 11.1 Å². The highest BCUT2D eigenvalue weighted by Gasteiger charge is 2.31. The van der Waals surface area contributed by atoms with Gasteiger partial charge in [-0.2, -0.15) is 5.10 Å². The molecule has 2 unspecified atom stereocenters. The van der Waals surface area contributed by atoms with Gasteiger partial charge in [0.25, 0.3) is 0 Å². The highest BCUT2D eigenvalue weighted by molar-refractivity contribution is 5.84. The van der Waals surface area contributed by atoms with Crippen molar-refractivity contribution < 1.29 is 13.6 Å². The smallest absolute Gasteiger partial charge is 0.244 e. The molecule has 1 aliphatic rings. The van der Waals surface area contributed by atoms with Gasteiger partial charge < -0.3 is 16.0 Å². The van der Waals surface area contributed by atoms with Crippen molar-refractivity contribution in [1.29, 1.82) is 0 Å². The molecule has 3 aromatic rings. The van der Waals surface area contributed by atoms with E-state index >= 15 is 0 Å². The second-order valence-corrected chi connectivity index (χ2v) is 6.73. The summed E-state index contributed by atoms with van der Waals surface area (Å²) in [6, 6.07) is 7.87. The van der Waals surface area contributed by atoms with E-state index in [1.807, 2.05) is 18.2 Å². The van der Waals surface area contributed by atoms with Gasteiger partial charge in [0, 0.05) is 41.8 Å². The number of hydrogen-bond acceptors (Lipinski definition) is 4. The van der Waals surface area contributed by atoms with Gasteiger partial charge in [0.15, 0.2) is 0 Å². The molecule has 2 aromatic carbocycles. The number of aromatic amines is 1. The number of amides is 1. The maximum atomic E-state index is 13.9. The first-order valence-corrected chi connectivity index (χ1v) is 8.70. The first-order valence-electron chi connectivity index (χ1n) is 8.70. The Bertz CT molecular complexity index is 989. The third-order valence-corrected chi connectivity index (χ3v) is 4.87. The van der Waals surface area contributed by atoms with Gasteiger partial charge in [-0.1, -0.05) is 6.07 Å². The Balaban J connectivity index is 1.41. The van der Waals surface area contributed by atoms with Crippen molar-refractivity contribution in [2.24, 2.45) is 5.73 Å². The second kappa shape index (κ2) is 6.96. The fourth-order valence-corrected chi connectivity index (χ4v) is 3.43. The average Bonchev–Trinajstić information content (AvgIpc) is 3.29. The van der Waals surface area contributed by atoms with Gasteiger partial charge in [0.05, 0.1) is 11.7 Å². The molecule has 140 valence electrons. The number of aromatic nitrogens is 2. The number of nitrogens with one attached hydrogen (secondary N) is 2. The van der Waals surface area contributed by atoms with Crippen molar-refractivity contribution in [3.05, 3.63) is 59.8 Å². The Labute approximate surface area is 154 Å². The first-order chi connectivity index (χ1) is 13.0. The Morgan fingerprint density at radius 3 is 2.96 bits per heavy atom. The summed E-state index contributed by atoms with van der Waals surface area (Å²) in [4.78, 5) is 14.2. The predicted molar refractivity (Wildman–Crippen MR) is 98.0 cm³/mol. The number of nitrogens with zero attached hydrogens (tertiary/aromatic N) is 2. The molecule has 1 fully saturated rings. The molecule has 0 radical (unpaired) electrons. The predicted octanol–water partition coefficient (Wildman–Crippen LogP) is 2.55.